The number of hydrogen-bond acceptors (Lipinski definition) is 5. The maximum absolute atomic E-state index is 11.4. The van der Waals surface area contributed by atoms with Crippen LogP contribution in [-0.2, 0) is 16.6 Å². The fourth-order valence-corrected chi connectivity index (χ4v) is 4.03. The van der Waals surface area contributed by atoms with Crippen molar-refractivity contribution in [1.82, 2.24) is 4.57 Å². The van der Waals surface area contributed by atoms with Gasteiger partial charge in [-0.1, -0.05) is 18.2 Å². The van der Waals surface area contributed by atoms with Crippen LogP contribution >= 0.6 is 28.1 Å². The first-order chi connectivity index (χ1) is 13.2. The van der Waals surface area contributed by atoms with Crippen LogP contribution in [0.15, 0.2) is 62.1 Å². The molecule has 0 fully saturated rings. The van der Waals surface area contributed by atoms with Gasteiger partial charge in [0.25, 0.3) is 0 Å². The summed E-state index contributed by atoms with van der Waals surface area (Å²) >= 11 is 8.63. The lowest BCUT2D eigenvalue weighted by molar-refractivity contribution is 0.427. The first kappa shape index (κ1) is 20.4. The van der Waals surface area contributed by atoms with Crippen LogP contribution in [0.3, 0.4) is 0 Å². The van der Waals surface area contributed by atoms with Crippen molar-refractivity contribution in [1.29, 1.82) is 0 Å². The van der Waals surface area contributed by atoms with Crippen molar-refractivity contribution in [3.63, 3.8) is 0 Å². The van der Waals surface area contributed by atoms with Gasteiger partial charge in [0.15, 0.2) is 5.69 Å². The fraction of sp³-hybridized carbons (Fsp3) is 0.118. The van der Waals surface area contributed by atoms with Gasteiger partial charge in [-0.25, -0.2) is 13.6 Å². The zero-order chi connectivity index (χ0) is 20.5. The maximum atomic E-state index is 11.4. The van der Waals surface area contributed by atoms with Crippen LogP contribution in [0.4, 0.5) is 11.4 Å². The van der Waals surface area contributed by atoms with Gasteiger partial charge in [0, 0.05) is 22.1 Å². The number of halogens is 1. The molecule has 0 aliphatic heterocycles. The van der Waals surface area contributed by atoms with Crippen molar-refractivity contribution in [2.24, 2.45) is 15.4 Å². The van der Waals surface area contributed by atoms with E-state index in [0.29, 0.717) is 17.9 Å². The third-order valence-corrected chi connectivity index (χ3v) is 5.68. The number of aromatic hydroxyl groups is 1. The summed E-state index contributed by atoms with van der Waals surface area (Å²) in [5.74, 6) is -0.0211. The molecule has 0 atom stereocenters. The summed E-state index contributed by atoms with van der Waals surface area (Å²) < 4.78 is 25.4. The minimum atomic E-state index is -3.83. The van der Waals surface area contributed by atoms with Crippen molar-refractivity contribution >= 4 is 65.6 Å². The molecule has 3 aromatic rings. The lowest BCUT2D eigenvalue weighted by atomic mass is 10.2. The quantitative estimate of drug-likeness (QED) is 0.379. The van der Waals surface area contributed by atoms with Crippen molar-refractivity contribution in [3.8, 4) is 5.88 Å². The van der Waals surface area contributed by atoms with Gasteiger partial charge in [-0.05, 0) is 59.3 Å². The van der Waals surface area contributed by atoms with Gasteiger partial charge in [0.1, 0.15) is 0 Å². The molecule has 0 amide bonds. The molecular formula is C17H16BrN5O3S2. The molecule has 8 nitrogen and oxygen atoms in total. The molecule has 2 aromatic carbocycles. The van der Waals surface area contributed by atoms with E-state index in [1.807, 2.05) is 25.1 Å². The Morgan fingerprint density at radius 2 is 2.04 bits per heavy atom. The normalized spacial score (nSPS) is 12.0. The number of rotatable bonds is 4. The molecule has 0 aliphatic carbocycles. The second-order valence-electron chi connectivity index (χ2n) is 5.76. The average molecular weight is 482 g/mol. The summed E-state index contributed by atoms with van der Waals surface area (Å²) in [6.45, 7) is 2.45. The highest BCUT2D eigenvalue weighted by molar-refractivity contribution is 9.10. The first-order valence-electron chi connectivity index (χ1n) is 8.07. The Hall–Kier alpha value is -2.34. The number of primary sulfonamides is 1. The number of anilines is 1. The number of nitrogens with two attached hydrogens (primary N) is 1. The number of thiocarbonyl (C=S) groups is 1. The summed E-state index contributed by atoms with van der Waals surface area (Å²) in [6, 6.07) is 11.4. The Kier molecular flexibility index (Phi) is 5.79. The first-order valence-corrected chi connectivity index (χ1v) is 10.8. The number of para-hydroxylation sites is 1. The molecule has 146 valence electrons. The van der Waals surface area contributed by atoms with Crippen molar-refractivity contribution < 1.29 is 13.5 Å². The maximum Gasteiger partial charge on any atom is 0.238 e. The molecule has 28 heavy (non-hydrogen) atoms. The number of aromatic nitrogens is 1. The van der Waals surface area contributed by atoms with Crippen LogP contribution in [-0.4, -0.2) is 23.2 Å². The zero-order valence-electron chi connectivity index (χ0n) is 14.6. The molecule has 0 aliphatic rings. The van der Waals surface area contributed by atoms with Gasteiger partial charge in [0.2, 0.25) is 21.0 Å². The molecule has 4 N–H and O–H groups in total. The molecule has 0 unspecified atom stereocenters. The van der Waals surface area contributed by atoms with Crippen LogP contribution < -0.4 is 10.5 Å². The standard InChI is InChI=1S/C17H16BrN5O3S2/c1-2-23-15-12(7-4-8-13(15)18)14(16(23)24)21-22-17(27)20-10-5-3-6-11(9-10)28(19,25)26/h3-9,24H,2H2,1H3,(H,20,27)(H2,19,25,26). The molecule has 3 rings (SSSR count). The van der Waals surface area contributed by atoms with Gasteiger partial charge in [-0.2, -0.15) is 0 Å². The minimum absolute atomic E-state index is 0.00151. The minimum Gasteiger partial charge on any atom is -0.493 e. The Bertz CT molecular complexity index is 1200. The predicted molar refractivity (Wildman–Crippen MR) is 116 cm³/mol. The number of benzene rings is 2. The van der Waals surface area contributed by atoms with E-state index in [4.69, 9.17) is 17.4 Å². The van der Waals surface area contributed by atoms with Crippen LogP contribution in [0, 0.1) is 0 Å². The second-order valence-corrected chi connectivity index (χ2v) is 8.56. The van der Waals surface area contributed by atoms with E-state index in [9.17, 15) is 13.5 Å². The SMILES string of the molecule is CCn1c(O)c(N=NC(=S)Nc2cccc(S(N)(=O)=O)c2)c2cccc(Br)c21. The predicted octanol–water partition coefficient (Wildman–Crippen LogP) is 4.26. The molecule has 0 radical (unpaired) electrons. The van der Waals surface area contributed by atoms with E-state index in [1.165, 1.54) is 18.2 Å². The monoisotopic (exact) mass is 481 g/mol. The second kappa shape index (κ2) is 7.95. The van der Waals surface area contributed by atoms with Crippen LogP contribution in [0.1, 0.15) is 6.92 Å². The van der Waals surface area contributed by atoms with Crippen molar-refractivity contribution in [2.75, 3.05) is 5.32 Å². The Balaban J connectivity index is 1.90. The van der Waals surface area contributed by atoms with Crippen LogP contribution in [0.2, 0.25) is 0 Å². The summed E-state index contributed by atoms with van der Waals surface area (Å²) in [7, 11) is -3.83. The average Bonchev–Trinajstić information content (AvgIpc) is 2.91. The Morgan fingerprint density at radius 1 is 1.32 bits per heavy atom. The lowest BCUT2D eigenvalue weighted by Gasteiger charge is -2.05. The number of hydrogen-bond donors (Lipinski definition) is 3. The van der Waals surface area contributed by atoms with Crippen molar-refractivity contribution in [2.45, 2.75) is 18.4 Å². The van der Waals surface area contributed by atoms with Crippen LogP contribution in [0.25, 0.3) is 10.9 Å². The third kappa shape index (κ3) is 4.07. The summed E-state index contributed by atoms with van der Waals surface area (Å²) in [5, 5.41) is 27.2. The van der Waals surface area contributed by atoms with Crippen LogP contribution in [0.5, 0.6) is 5.88 Å². The highest BCUT2D eigenvalue weighted by Gasteiger charge is 2.17. The molecule has 1 aromatic heterocycles. The summed E-state index contributed by atoms with van der Waals surface area (Å²) in [6.07, 6.45) is 0. The van der Waals surface area contributed by atoms with Gasteiger partial charge in [-0.3, -0.25) is 0 Å². The van der Waals surface area contributed by atoms with E-state index in [2.05, 4.69) is 31.5 Å². The lowest BCUT2D eigenvalue weighted by Crippen LogP contribution is -2.13. The molecular weight excluding hydrogens is 466 g/mol. The van der Waals surface area contributed by atoms with Gasteiger partial charge < -0.3 is 15.0 Å². The number of fused-ring (bicyclic) bond motifs is 1. The topological polar surface area (TPSA) is 122 Å². The highest BCUT2D eigenvalue weighted by Crippen LogP contribution is 2.41. The van der Waals surface area contributed by atoms with E-state index in [0.717, 1.165) is 15.4 Å². The molecule has 0 saturated heterocycles. The summed E-state index contributed by atoms with van der Waals surface area (Å²) in [4.78, 5) is -0.0502. The molecule has 0 spiro atoms. The number of aryl methyl sites for hydroxylation is 1. The van der Waals surface area contributed by atoms with Gasteiger partial charge in [-0.15, -0.1) is 10.2 Å². The fourth-order valence-electron chi connectivity index (χ4n) is 2.74. The van der Waals surface area contributed by atoms with E-state index < -0.39 is 10.0 Å². The summed E-state index contributed by atoms with van der Waals surface area (Å²) in [5.41, 5.74) is 1.50. The van der Waals surface area contributed by atoms with Gasteiger partial charge in [0.05, 0.1) is 10.4 Å². The smallest absolute Gasteiger partial charge is 0.238 e. The highest BCUT2D eigenvalue weighted by atomic mass is 79.9. The zero-order valence-corrected chi connectivity index (χ0v) is 17.8. The van der Waals surface area contributed by atoms with Gasteiger partial charge >= 0.3 is 0 Å². The van der Waals surface area contributed by atoms with E-state index in [-0.39, 0.29) is 15.9 Å². The Morgan fingerprint density at radius 3 is 2.71 bits per heavy atom. The molecule has 1 heterocycles. The number of nitrogens with one attached hydrogen (secondary N) is 1. The molecule has 0 bridgehead atoms. The molecule has 0 saturated carbocycles. The van der Waals surface area contributed by atoms with E-state index in [1.54, 1.807) is 10.6 Å². The van der Waals surface area contributed by atoms with Crippen molar-refractivity contribution in [3.05, 3.63) is 46.9 Å². The largest absolute Gasteiger partial charge is 0.493 e. The number of nitrogens with zero attached hydrogens (tertiary/aromatic N) is 3. The third-order valence-electron chi connectivity index (χ3n) is 3.95. The molecule has 11 heteroatoms. The number of sulfonamides is 1. The van der Waals surface area contributed by atoms with E-state index >= 15 is 0 Å². The Labute approximate surface area is 175 Å². The number of azo groups is 1.